The Hall–Kier alpha value is -2.48. The number of hydrogen-bond acceptors (Lipinski definition) is 5. The van der Waals surface area contributed by atoms with Crippen LogP contribution in [0.2, 0.25) is 0 Å². The molecule has 3 heterocycles. The summed E-state index contributed by atoms with van der Waals surface area (Å²) < 4.78 is 0. The van der Waals surface area contributed by atoms with Gasteiger partial charge >= 0.3 is 6.03 Å². The number of nitrogens with zero attached hydrogens (tertiary/aromatic N) is 3. The van der Waals surface area contributed by atoms with Crippen molar-refractivity contribution in [2.45, 2.75) is 38.3 Å². The number of carbonyl (C=O) groups is 3. The first-order valence-electron chi connectivity index (χ1n) is 8.80. The number of rotatable bonds is 4. The van der Waals surface area contributed by atoms with Gasteiger partial charge in [-0.15, -0.1) is 0 Å². The van der Waals surface area contributed by atoms with E-state index < -0.39 is 23.6 Å². The van der Waals surface area contributed by atoms with E-state index in [0.29, 0.717) is 31.6 Å². The summed E-state index contributed by atoms with van der Waals surface area (Å²) in [5.41, 5.74) is -0.337. The second-order valence-electron chi connectivity index (χ2n) is 7.36. The molecule has 2 aliphatic rings. The van der Waals surface area contributed by atoms with Crippen molar-refractivity contribution in [2.75, 3.05) is 19.6 Å². The Morgan fingerprint density at radius 3 is 2.58 bits per heavy atom. The van der Waals surface area contributed by atoms with E-state index in [9.17, 15) is 19.5 Å². The molecule has 0 radical (unpaired) electrons. The number of aliphatic hydroxyl groups is 1. The van der Waals surface area contributed by atoms with Crippen molar-refractivity contribution < 1.29 is 19.5 Å². The average Bonchev–Trinajstić information content (AvgIpc) is 2.83. The van der Waals surface area contributed by atoms with Crippen LogP contribution in [0, 0.1) is 5.92 Å². The lowest BCUT2D eigenvalue weighted by molar-refractivity contribution is -0.139. The lowest BCUT2D eigenvalue weighted by atomic mass is 9.89. The molecule has 4 amide bonds. The predicted octanol–water partition coefficient (Wildman–Crippen LogP) is 0.684. The van der Waals surface area contributed by atoms with Crippen LogP contribution in [-0.4, -0.2) is 62.9 Å². The summed E-state index contributed by atoms with van der Waals surface area (Å²) in [5, 5.41) is 13.0. The van der Waals surface area contributed by atoms with E-state index >= 15 is 0 Å². The SMILES string of the molecule is CC1(C)NC(=O)N(CC(=O)N2CCC(C(O)c3ccccn3)CC2)C1=O. The van der Waals surface area contributed by atoms with Gasteiger partial charge in [0.15, 0.2) is 0 Å². The highest BCUT2D eigenvalue weighted by atomic mass is 16.3. The Bertz CT molecular complexity index is 698. The number of aliphatic hydroxyl groups excluding tert-OH is 1. The number of hydrogen-bond donors (Lipinski definition) is 2. The topological polar surface area (TPSA) is 103 Å². The molecule has 140 valence electrons. The molecule has 3 rings (SSSR count). The molecule has 1 unspecified atom stereocenters. The average molecular weight is 360 g/mol. The number of imide groups is 1. The Kier molecular flexibility index (Phi) is 4.95. The van der Waals surface area contributed by atoms with E-state index in [4.69, 9.17) is 0 Å². The highest BCUT2D eigenvalue weighted by molar-refractivity contribution is 6.08. The summed E-state index contributed by atoms with van der Waals surface area (Å²) in [7, 11) is 0. The minimum Gasteiger partial charge on any atom is -0.387 e. The molecule has 2 N–H and O–H groups in total. The van der Waals surface area contributed by atoms with Crippen molar-refractivity contribution in [1.82, 2.24) is 20.1 Å². The van der Waals surface area contributed by atoms with E-state index in [0.717, 1.165) is 4.90 Å². The summed E-state index contributed by atoms with van der Waals surface area (Å²) in [6, 6.07) is 4.90. The number of aromatic nitrogens is 1. The maximum atomic E-state index is 12.5. The molecule has 1 aromatic rings. The maximum absolute atomic E-state index is 12.5. The van der Waals surface area contributed by atoms with Crippen LogP contribution >= 0.6 is 0 Å². The fraction of sp³-hybridized carbons (Fsp3) is 0.556. The number of carbonyl (C=O) groups excluding carboxylic acids is 3. The van der Waals surface area contributed by atoms with Gasteiger partial charge in [-0.25, -0.2) is 4.79 Å². The van der Waals surface area contributed by atoms with Crippen LogP contribution < -0.4 is 5.32 Å². The number of pyridine rings is 1. The summed E-state index contributed by atoms with van der Waals surface area (Å²) in [6.07, 6.45) is 2.29. The summed E-state index contributed by atoms with van der Waals surface area (Å²) in [4.78, 5) is 43.4. The van der Waals surface area contributed by atoms with Gasteiger partial charge in [0.1, 0.15) is 12.1 Å². The molecule has 1 atom stereocenters. The lowest BCUT2D eigenvalue weighted by Gasteiger charge is -2.34. The first-order chi connectivity index (χ1) is 12.3. The predicted molar refractivity (Wildman–Crippen MR) is 92.8 cm³/mol. The Labute approximate surface area is 152 Å². The third-order valence-electron chi connectivity index (χ3n) is 5.07. The fourth-order valence-corrected chi connectivity index (χ4v) is 3.45. The van der Waals surface area contributed by atoms with Crippen molar-refractivity contribution >= 4 is 17.8 Å². The van der Waals surface area contributed by atoms with Gasteiger partial charge in [0.2, 0.25) is 5.91 Å². The molecule has 2 fully saturated rings. The highest BCUT2D eigenvalue weighted by Gasteiger charge is 2.45. The van der Waals surface area contributed by atoms with Gasteiger partial charge < -0.3 is 15.3 Å². The molecule has 1 aromatic heterocycles. The van der Waals surface area contributed by atoms with Gasteiger partial charge in [-0.05, 0) is 44.7 Å². The number of urea groups is 1. The molecule has 8 heteroatoms. The van der Waals surface area contributed by atoms with Crippen LogP contribution in [0.5, 0.6) is 0 Å². The second-order valence-corrected chi connectivity index (χ2v) is 7.36. The molecule has 0 saturated carbocycles. The minimum absolute atomic E-state index is 0.0320. The first-order valence-corrected chi connectivity index (χ1v) is 8.80. The second kappa shape index (κ2) is 7.03. The molecule has 26 heavy (non-hydrogen) atoms. The summed E-state index contributed by atoms with van der Waals surface area (Å²) in [6.45, 7) is 3.95. The minimum atomic E-state index is -0.975. The molecule has 0 spiro atoms. The molecule has 2 aliphatic heterocycles. The van der Waals surface area contributed by atoms with E-state index in [1.54, 1.807) is 37.1 Å². The third-order valence-corrected chi connectivity index (χ3v) is 5.07. The van der Waals surface area contributed by atoms with Crippen molar-refractivity contribution in [3.05, 3.63) is 30.1 Å². The first kappa shape index (κ1) is 18.3. The smallest absolute Gasteiger partial charge is 0.325 e. The van der Waals surface area contributed by atoms with Crippen molar-refractivity contribution in [2.24, 2.45) is 5.92 Å². The van der Waals surface area contributed by atoms with Crippen molar-refractivity contribution in [3.63, 3.8) is 0 Å². The van der Waals surface area contributed by atoms with E-state index in [-0.39, 0.29) is 18.4 Å². The fourth-order valence-electron chi connectivity index (χ4n) is 3.45. The maximum Gasteiger partial charge on any atom is 0.325 e. The number of piperidine rings is 1. The van der Waals surface area contributed by atoms with E-state index in [1.165, 1.54) is 0 Å². The monoisotopic (exact) mass is 360 g/mol. The number of nitrogens with one attached hydrogen (secondary N) is 1. The molecular weight excluding hydrogens is 336 g/mol. The van der Waals surface area contributed by atoms with Crippen LogP contribution in [0.1, 0.15) is 38.5 Å². The van der Waals surface area contributed by atoms with Crippen LogP contribution in [0.25, 0.3) is 0 Å². The molecule has 0 bridgehead atoms. The standard InChI is InChI=1S/C18H24N4O4/c1-18(2)16(25)22(17(26)20-18)11-14(23)21-9-6-12(7-10-21)15(24)13-5-3-4-8-19-13/h3-5,8,12,15,24H,6-7,9-11H2,1-2H3,(H,20,26). The highest BCUT2D eigenvalue weighted by Crippen LogP contribution is 2.29. The van der Waals surface area contributed by atoms with Gasteiger partial charge in [0.05, 0.1) is 11.8 Å². The number of likely N-dealkylation sites (tertiary alicyclic amines) is 1. The zero-order chi connectivity index (χ0) is 18.9. The largest absolute Gasteiger partial charge is 0.387 e. The normalized spacial score (nSPS) is 21.7. The molecule has 0 aliphatic carbocycles. The summed E-state index contributed by atoms with van der Waals surface area (Å²) >= 11 is 0. The Morgan fingerprint density at radius 1 is 1.35 bits per heavy atom. The summed E-state index contributed by atoms with van der Waals surface area (Å²) in [5.74, 6) is -0.613. The van der Waals surface area contributed by atoms with E-state index in [2.05, 4.69) is 10.3 Å². The van der Waals surface area contributed by atoms with Gasteiger partial charge in [-0.1, -0.05) is 6.07 Å². The van der Waals surface area contributed by atoms with Gasteiger partial charge in [0, 0.05) is 19.3 Å². The van der Waals surface area contributed by atoms with Gasteiger partial charge in [0.25, 0.3) is 5.91 Å². The Balaban J connectivity index is 1.54. The molecule has 8 nitrogen and oxygen atoms in total. The molecular formula is C18H24N4O4. The van der Waals surface area contributed by atoms with Gasteiger partial charge in [-0.3, -0.25) is 19.5 Å². The quantitative estimate of drug-likeness (QED) is 0.769. The number of amides is 4. The van der Waals surface area contributed by atoms with Crippen LogP contribution in [0.3, 0.4) is 0 Å². The third kappa shape index (κ3) is 3.55. The van der Waals surface area contributed by atoms with Gasteiger partial charge in [-0.2, -0.15) is 0 Å². The zero-order valence-electron chi connectivity index (χ0n) is 15.0. The Morgan fingerprint density at radius 2 is 2.04 bits per heavy atom. The van der Waals surface area contributed by atoms with Crippen LogP contribution in [0.4, 0.5) is 4.79 Å². The molecule has 2 saturated heterocycles. The van der Waals surface area contributed by atoms with Crippen molar-refractivity contribution in [1.29, 1.82) is 0 Å². The van der Waals surface area contributed by atoms with E-state index in [1.807, 2.05) is 6.07 Å². The van der Waals surface area contributed by atoms with Crippen molar-refractivity contribution in [3.8, 4) is 0 Å². The zero-order valence-corrected chi connectivity index (χ0v) is 15.0. The van der Waals surface area contributed by atoms with Crippen LogP contribution in [0.15, 0.2) is 24.4 Å². The molecule has 0 aromatic carbocycles. The lowest BCUT2D eigenvalue weighted by Crippen LogP contribution is -2.47. The van der Waals surface area contributed by atoms with Crippen LogP contribution in [-0.2, 0) is 9.59 Å².